The van der Waals surface area contributed by atoms with Gasteiger partial charge in [0.1, 0.15) is 17.2 Å². The van der Waals surface area contributed by atoms with Gasteiger partial charge in [0.05, 0.1) is 5.56 Å². The zero-order valence-corrected chi connectivity index (χ0v) is 14.6. The van der Waals surface area contributed by atoms with Crippen LogP contribution >= 0.6 is 0 Å². The Morgan fingerprint density at radius 2 is 2.00 bits per heavy atom. The monoisotopic (exact) mass is 342 g/mol. The molecule has 2 aromatic rings. The number of nitrogens with one attached hydrogen (secondary N) is 2. The summed E-state index contributed by atoms with van der Waals surface area (Å²) in [6.07, 6.45) is 0.912. The van der Waals surface area contributed by atoms with Gasteiger partial charge in [0, 0.05) is 26.1 Å². The lowest BCUT2D eigenvalue weighted by Gasteiger charge is -2.16. The normalized spacial score (nSPS) is 14.7. The molecule has 0 saturated heterocycles. The Balaban J connectivity index is 1.42. The third-order valence-electron chi connectivity index (χ3n) is 4.16. The molecule has 1 aliphatic rings. The van der Waals surface area contributed by atoms with Crippen LogP contribution in [0.2, 0.25) is 0 Å². The molecule has 0 fully saturated rings. The molecule has 2 N–H and O–H groups in total. The number of halogens is 1. The van der Waals surface area contributed by atoms with Crippen molar-refractivity contribution in [3.8, 4) is 5.75 Å². The Bertz CT molecular complexity index is 774. The van der Waals surface area contributed by atoms with Crippen molar-refractivity contribution in [3.05, 3.63) is 65.0 Å². The van der Waals surface area contributed by atoms with E-state index >= 15 is 0 Å². The fourth-order valence-electron chi connectivity index (χ4n) is 3.01. The van der Waals surface area contributed by atoms with Gasteiger partial charge in [-0.25, -0.2) is 4.39 Å². The number of amides is 1. The van der Waals surface area contributed by atoms with E-state index < -0.39 is 11.7 Å². The second-order valence-electron chi connectivity index (χ2n) is 6.89. The van der Waals surface area contributed by atoms with Gasteiger partial charge in [-0.2, -0.15) is 0 Å². The van der Waals surface area contributed by atoms with Gasteiger partial charge in [-0.1, -0.05) is 24.3 Å². The third kappa shape index (κ3) is 4.37. The Hall–Kier alpha value is -2.40. The van der Waals surface area contributed by atoms with Crippen LogP contribution in [-0.4, -0.2) is 24.6 Å². The number of carbonyl (C=O) groups is 1. The van der Waals surface area contributed by atoms with Crippen molar-refractivity contribution < 1.29 is 13.9 Å². The van der Waals surface area contributed by atoms with E-state index in [0.717, 1.165) is 12.2 Å². The number of hydrogen-bond acceptors (Lipinski definition) is 3. The van der Waals surface area contributed by atoms with Gasteiger partial charge in [0.25, 0.3) is 5.91 Å². The van der Waals surface area contributed by atoms with Crippen molar-refractivity contribution in [1.82, 2.24) is 10.6 Å². The Labute approximate surface area is 147 Å². The first-order valence-electron chi connectivity index (χ1n) is 8.49. The van der Waals surface area contributed by atoms with Gasteiger partial charge in [-0.3, -0.25) is 4.79 Å². The number of hydrogen-bond donors (Lipinski definition) is 2. The summed E-state index contributed by atoms with van der Waals surface area (Å²) in [5.41, 5.74) is 2.35. The summed E-state index contributed by atoms with van der Waals surface area (Å²) in [6, 6.07) is 12.2. The lowest BCUT2D eigenvalue weighted by atomic mass is 10.0. The van der Waals surface area contributed by atoms with Crippen molar-refractivity contribution in [3.63, 3.8) is 0 Å². The molecular formula is C20H23FN2O2. The fourth-order valence-corrected chi connectivity index (χ4v) is 3.01. The smallest absolute Gasteiger partial charge is 0.254 e. The highest BCUT2D eigenvalue weighted by molar-refractivity contribution is 5.94. The summed E-state index contributed by atoms with van der Waals surface area (Å²) >= 11 is 0. The topological polar surface area (TPSA) is 50.4 Å². The summed E-state index contributed by atoms with van der Waals surface area (Å²) < 4.78 is 19.4. The molecule has 0 spiro atoms. The van der Waals surface area contributed by atoms with Crippen molar-refractivity contribution >= 4 is 5.91 Å². The minimum atomic E-state index is -0.503. The zero-order chi connectivity index (χ0) is 17.9. The molecule has 0 aromatic heterocycles. The maximum absolute atomic E-state index is 13.5. The zero-order valence-electron chi connectivity index (χ0n) is 14.6. The van der Waals surface area contributed by atoms with Crippen LogP contribution in [0.15, 0.2) is 42.5 Å². The van der Waals surface area contributed by atoms with Crippen LogP contribution in [0.5, 0.6) is 5.75 Å². The molecule has 0 atom stereocenters. The summed E-state index contributed by atoms with van der Waals surface area (Å²) in [5.74, 6) is 0.0685. The SMILES string of the molecule is CC1(C)Cc2cc(CNCCNC(=O)c3ccccc3F)ccc2O1. The van der Waals surface area contributed by atoms with Crippen LogP contribution in [0.25, 0.3) is 0 Å². The van der Waals surface area contributed by atoms with Gasteiger partial charge >= 0.3 is 0 Å². The van der Waals surface area contributed by atoms with E-state index in [1.54, 1.807) is 12.1 Å². The molecule has 1 amide bonds. The molecule has 0 bridgehead atoms. The fraction of sp³-hybridized carbons (Fsp3) is 0.350. The Morgan fingerprint density at radius 3 is 2.80 bits per heavy atom. The van der Waals surface area contributed by atoms with Crippen LogP contribution in [0.1, 0.15) is 35.3 Å². The quantitative estimate of drug-likeness (QED) is 0.794. The first-order chi connectivity index (χ1) is 11.9. The van der Waals surface area contributed by atoms with Crippen molar-refractivity contribution in [2.24, 2.45) is 0 Å². The summed E-state index contributed by atoms with van der Waals surface area (Å²) in [7, 11) is 0. The van der Waals surface area contributed by atoms with Crippen LogP contribution in [-0.2, 0) is 13.0 Å². The van der Waals surface area contributed by atoms with Gasteiger partial charge in [0.2, 0.25) is 0 Å². The minimum Gasteiger partial charge on any atom is -0.487 e. The molecule has 4 nitrogen and oxygen atoms in total. The lowest BCUT2D eigenvalue weighted by Crippen LogP contribution is -2.32. The summed E-state index contributed by atoms with van der Waals surface area (Å²) in [6.45, 7) is 5.93. The molecule has 132 valence electrons. The highest BCUT2D eigenvalue weighted by atomic mass is 19.1. The van der Waals surface area contributed by atoms with Crippen LogP contribution in [0, 0.1) is 5.82 Å². The number of benzene rings is 2. The maximum Gasteiger partial charge on any atom is 0.254 e. The average Bonchev–Trinajstić information content (AvgIpc) is 2.87. The standard InChI is InChI=1S/C20H23FN2O2/c1-20(2)12-15-11-14(7-8-18(15)25-20)13-22-9-10-23-19(24)16-5-3-4-6-17(16)21/h3-8,11,22H,9-10,12-13H2,1-2H3,(H,23,24). The third-order valence-corrected chi connectivity index (χ3v) is 4.16. The predicted octanol–water partition coefficient (Wildman–Crippen LogP) is 3.06. The highest BCUT2D eigenvalue weighted by Crippen LogP contribution is 2.35. The second kappa shape index (κ2) is 7.23. The molecule has 0 radical (unpaired) electrons. The van der Waals surface area contributed by atoms with E-state index in [2.05, 4.69) is 30.5 Å². The largest absolute Gasteiger partial charge is 0.487 e. The van der Waals surface area contributed by atoms with E-state index in [0.29, 0.717) is 19.6 Å². The number of fused-ring (bicyclic) bond motifs is 1. The summed E-state index contributed by atoms with van der Waals surface area (Å²) in [5, 5.41) is 6.00. The van der Waals surface area contributed by atoms with E-state index in [-0.39, 0.29) is 11.2 Å². The van der Waals surface area contributed by atoms with Crippen molar-refractivity contribution in [2.75, 3.05) is 13.1 Å². The number of rotatable bonds is 6. The van der Waals surface area contributed by atoms with E-state index in [1.807, 2.05) is 12.1 Å². The molecule has 1 aliphatic heterocycles. The first kappa shape index (κ1) is 17.4. The molecule has 2 aromatic carbocycles. The number of ether oxygens (including phenoxy) is 1. The van der Waals surface area contributed by atoms with Gasteiger partial charge in [-0.05, 0) is 43.2 Å². The highest BCUT2D eigenvalue weighted by Gasteiger charge is 2.29. The van der Waals surface area contributed by atoms with Gasteiger partial charge in [0.15, 0.2) is 0 Å². The molecular weight excluding hydrogens is 319 g/mol. The Morgan fingerprint density at radius 1 is 1.20 bits per heavy atom. The molecule has 3 rings (SSSR count). The van der Waals surface area contributed by atoms with E-state index in [1.165, 1.54) is 23.3 Å². The minimum absolute atomic E-state index is 0.0729. The lowest BCUT2D eigenvalue weighted by molar-refractivity contribution is 0.0950. The second-order valence-corrected chi connectivity index (χ2v) is 6.89. The van der Waals surface area contributed by atoms with Gasteiger partial charge < -0.3 is 15.4 Å². The first-order valence-corrected chi connectivity index (χ1v) is 8.49. The molecule has 5 heteroatoms. The summed E-state index contributed by atoms with van der Waals surface area (Å²) in [4.78, 5) is 11.9. The van der Waals surface area contributed by atoms with E-state index in [9.17, 15) is 9.18 Å². The van der Waals surface area contributed by atoms with Gasteiger partial charge in [-0.15, -0.1) is 0 Å². The van der Waals surface area contributed by atoms with E-state index in [4.69, 9.17) is 4.74 Å². The van der Waals surface area contributed by atoms with Crippen LogP contribution in [0.4, 0.5) is 4.39 Å². The van der Waals surface area contributed by atoms with Crippen LogP contribution < -0.4 is 15.4 Å². The molecule has 1 heterocycles. The molecule has 0 unspecified atom stereocenters. The van der Waals surface area contributed by atoms with Crippen LogP contribution in [0.3, 0.4) is 0 Å². The Kier molecular flexibility index (Phi) is 5.04. The average molecular weight is 342 g/mol. The predicted molar refractivity (Wildman–Crippen MR) is 95.3 cm³/mol. The maximum atomic E-state index is 13.5. The molecule has 0 aliphatic carbocycles. The van der Waals surface area contributed by atoms with Crippen molar-refractivity contribution in [2.45, 2.75) is 32.4 Å². The molecule has 0 saturated carbocycles. The van der Waals surface area contributed by atoms with Crippen molar-refractivity contribution in [1.29, 1.82) is 0 Å². The number of carbonyl (C=O) groups excluding carboxylic acids is 1. The molecule has 25 heavy (non-hydrogen) atoms.